The third kappa shape index (κ3) is 5.30. The molecule has 226 valence electrons. The molecule has 0 aliphatic carbocycles. The molecule has 1 N–H and O–H groups in total. The van der Waals surface area contributed by atoms with E-state index in [-0.39, 0.29) is 59.7 Å². The van der Waals surface area contributed by atoms with Gasteiger partial charge in [-0.1, -0.05) is 19.1 Å². The van der Waals surface area contributed by atoms with E-state index in [0.29, 0.717) is 22.4 Å². The summed E-state index contributed by atoms with van der Waals surface area (Å²) < 4.78 is 87.6. The molecular formula is C32H25F4N3O4S. The zero-order valence-electron chi connectivity index (χ0n) is 23.5. The average molecular weight is 624 g/mol. The molecule has 0 bridgehead atoms. The summed E-state index contributed by atoms with van der Waals surface area (Å²) in [6.45, 7) is 2.15. The molecule has 6 rings (SSSR count). The number of H-pyrrole nitrogens is 1. The van der Waals surface area contributed by atoms with Crippen molar-refractivity contribution in [3.63, 3.8) is 0 Å². The van der Waals surface area contributed by atoms with Gasteiger partial charge in [0.15, 0.2) is 21.5 Å². The molecule has 0 spiro atoms. The van der Waals surface area contributed by atoms with Crippen molar-refractivity contribution in [2.45, 2.75) is 24.8 Å². The minimum atomic E-state index is -3.82. The van der Waals surface area contributed by atoms with E-state index < -0.39 is 43.9 Å². The summed E-state index contributed by atoms with van der Waals surface area (Å²) in [5.74, 6) is -3.45. The largest absolute Gasteiger partial charge is 0.491 e. The van der Waals surface area contributed by atoms with Crippen molar-refractivity contribution in [2.75, 3.05) is 19.4 Å². The quantitative estimate of drug-likeness (QED) is 0.227. The Morgan fingerprint density at radius 1 is 0.955 bits per heavy atom. The number of carbonyl (C=O) groups is 1. The minimum Gasteiger partial charge on any atom is -0.491 e. The Labute approximate surface area is 250 Å². The molecule has 7 nitrogen and oxygen atoms in total. The van der Waals surface area contributed by atoms with Crippen LogP contribution in [0.1, 0.15) is 28.4 Å². The standard InChI is InChI=1S/C32H25F4N3O4S/c1-3-20-21(7-9-29(30(20)36)44(2,41)42)32(40)39-10-11-43-28-8-5-17(12-19(28)16-39)18-4-6-22(23(33)13-18)31-37-26-14-24(34)25(35)15-27(26)38-31/h4-9,12-15H,3,10-11,16H2,1-2H3,(H,37,38). The van der Waals surface area contributed by atoms with Crippen LogP contribution >= 0.6 is 0 Å². The lowest BCUT2D eigenvalue weighted by Crippen LogP contribution is -2.33. The predicted molar refractivity (Wildman–Crippen MR) is 156 cm³/mol. The van der Waals surface area contributed by atoms with Crippen molar-refractivity contribution in [3.05, 3.63) is 101 Å². The van der Waals surface area contributed by atoms with Gasteiger partial charge in [0.05, 0.1) is 23.1 Å². The fraction of sp³-hybridized carbons (Fsp3) is 0.188. The number of aromatic nitrogens is 2. The number of sulfone groups is 1. The van der Waals surface area contributed by atoms with E-state index in [0.717, 1.165) is 24.5 Å². The Bertz CT molecular complexity index is 2040. The number of nitrogens with zero attached hydrogens (tertiary/aromatic N) is 2. The number of carbonyl (C=O) groups excluding carboxylic acids is 1. The van der Waals surface area contributed by atoms with Crippen molar-refractivity contribution < 1.29 is 35.5 Å². The maximum atomic E-state index is 15.3. The molecule has 0 radical (unpaired) electrons. The number of ether oxygens (including phenoxy) is 1. The van der Waals surface area contributed by atoms with Gasteiger partial charge in [0.1, 0.15) is 34.7 Å². The van der Waals surface area contributed by atoms with E-state index in [1.807, 2.05) is 0 Å². The third-order valence-electron chi connectivity index (χ3n) is 7.60. The van der Waals surface area contributed by atoms with Crippen molar-refractivity contribution in [1.82, 2.24) is 14.9 Å². The number of halogens is 4. The molecule has 1 aliphatic heterocycles. The summed E-state index contributed by atoms with van der Waals surface area (Å²) in [6, 6.07) is 14.1. The van der Waals surface area contributed by atoms with Crippen LogP contribution in [0, 0.1) is 23.3 Å². The van der Waals surface area contributed by atoms with Crippen LogP contribution in [-0.4, -0.2) is 48.6 Å². The minimum absolute atomic E-state index is 0.0207. The van der Waals surface area contributed by atoms with Crippen LogP contribution < -0.4 is 4.74 Å². The number of aromatic amines is 1. The Morgan fingerprint density at radius 3 is 2.41 bits per heavy atom. The molecule has 1 aliphatic rings. The summed E-state index contributed by atoms with van der Waals surface area (Å²) in [5, 5.41) is 0. The van der Waals surface area contributed by atoms with E-state index in [4.69, 9.17) is 4.74 Å². The number of benzene rings is 4. The average Bonchev–Trinajstić information content (AvgIpc) is 3.25. The normalized spacial score (nSPS) is 13.5. The topological polar surface area (TPSA) is 92.4 Å². The van der Waals surface area contributed by atoms with Crippen molar-refractivity contribution in [2.24, 2.45) is 0 Å². The fourth-order valence-corrected chi connectivity index (χ4v) is 6.13. The van der Waals surface area contributed by atoms with Gasteiger partial charge in [-0.3, -0.25) is 4.79 Å². The van der Waals surface area contributed by atoms with Crippen molar-refractivity contribution >= 4 is 26.8 Å². The lowest BCUT2D eigenvalue weighted by molar-refractivity contribution is 0.0731. The summed E-state index contributed by atoms with van der Waals surface area (Å²) >= 11 is 0. The highest BCUT2D eigenvalue weighted by Gasteiger charge is 2.27. The number of nitrogens with one attached hydrogen (secondary N) is 1. The van der Waals surface area contributed by atoms with Crippen LogP contribution in [0.5, 0.6) is 5.75 Å². The second kappa shape index (κ2) is 11.1. The molecule has 12 heteroatoms. The van der Waals surface area contributed by atoms with E-state index in [1.54, 1.807) is 31.2 Å². The van der Waals surface area contributed by atoms with Crippen LogP contribution in [0.2, 0.25) is 0 Å². The molecule has 0 saturated heterocycles. The molecule has 44 heavy (non-hydrogen) atoms. The van der Waals surface area contributed by atoms with Gasteiger partial charge in [0, 0.05) is 41.6 Å². The first-order chi connectivity index (χ1) is 20.9. The highest BCUT2D eigenvalue weighted by atomic mass is 32.2. The summed E-state index contributed by atoms with van der Waals surface area (Å²) in [5.41, 5.74) is 2.40. The maximum Gasteiger partial charge on any atom is 0.254 e. The van der Waals surface area contributed by atoms with Crippen molar-refractivity contribution in [3.8, 4) is 28.3 Å². The zero-order chi connectivity index (χ0) is 31.3. The fourth-order valence-electron chi connectivity index (χ4n) is 5.37. The molecule has 4 aromatic carbocycles. The first-order valence-corrected chi connectivity index (χ1v) is 15.5. The molecule has 1 amide bonds. The van der Waals surface area contributed by atoms with Gasteiger partial charge in [-0.2, -0.15) is 0 Å². The number of imidazole rings is 1. The molecular weight excluding hydrogens is 598 g/mol. The molecule has 1 aromatic heterocycles. The summed E-state index contributed by atoms with van der Waals surface area (Å²) in [6.07, 6.45) is 1.03. The highest BCUT2D eigenvalue weighted by Crippen LogP contribution is 2.33. The lowest BCUT2D eigenvalue weighted by Gasteiger charge is -2.22. The van der Waals surface area contributed by atoms with E-state index in [2.05, 4.69) is 9.97 Å². The van der Waals surface area contributed by atoms with Crippen LogP contribution in [0.3, 0.4) is 0 Å². The highest BCUT2D eigenvalue weighted by molar-refractivity contribution is 7.90. The molecule has 0 unspecified atom stereocenters. The second-order valence-electron chi connectivity index (χ2n) is 10.5. The van der Waals surface area contributed by atoms with Gasteiger partial charge in [0.25, 0.3) is 5.91 Å². The molecule has 5 aromatic rings. The maximum absolute atomic E-state index is 15.3. The first-order valence-electron chi connectivity index (χ1n) is 13.7. The number of rotatable bonds is 5. The molecule has 0 saturated carbocycles. The van der Waals surface area contributed by atoms with Gasteiger partial charge in [-0.25, -0.2) is 31.0 Å². The first kappa shape index (κ1) is 29.4. The number of amides is 1. The van der Waals surface area contributed by atoms with E-state index >= 15 is 8.78 Å². The van der Waals surface area contributed by atoms with Gasteiger partial charge in [0.2, 0.25) is 0 Å². The number of fused-ring (bicyclic) bond motifs is 2. The van der Waals surface area contributed by atoms with Crippen LogP contribution in [0.15, 0.2) is 65.6 Å². The Balaban J connectivity index is 1.29. The second-order valence-corrected chi connectivity index (χ2v) is 12.5. The Morgan fingerprint density at radius 2 is 1.68 bits per heavy atom. The molecule has 2 heterocycles. The number of hydrogen-bond donors (Lipinski definition) is 1. The molecule has 0 fully saturated rings. The lowest BCUT2D eigenvalue weighted by atomic mass is 10.00. The smallest absolute Gasteiger partial charge is 0.254 e. The summed E-state index contributed by atoms with van der Waals surface area (Å²) in [7, 11) is -3.82. The van der Waals surface area contributed by atoms with E-state index in [1.165, 1.54) is 23.1 Å². The predicted octanol–water partition coefficient (Wildman–Crippen LogP) is 6.45. The zero-order valence-corrected chi connectivity index (χ0v) is 24.4. The van der Waals surface area contributed by atoms with Gasteiger partial charge < -0.3 is 14.6 Å². The van der Waals surface area contributed by atoms with Gasteiger partial charge >= 0.3 is 0 Å². The van der Waals surface area contributed by atoms with Gasteiger partial charge in [-0.15, -0.1) is 0 Å². The SMILES string of the molecule is CCc1c(C(=O)N2CCOc3ccc(-c4ccc(-c5nc6cc(F)c(F)cc6[nH]5)c(F)c4)cc3C2)ccc(S(C)(=O)=O)c1F. The molecule has 0 atom stereocenters. The van der Waals surface area contributed by atoms with Gasteiger partial charge in [-0.05, 0) is 53.9 Å². The summed E-state index contributed by atoms with van der Waals surface area (Å²) in [4.78, 5) is 21.6. The Kier molecular flexibility index (Phi) is 7.40. The number of hydrogen-bond acceptors (Lipinski definition) is 5. The van der Waals surface area contributed by atoms with Crippen LogP contribution in [-0.2, 0) is 22.8 Å². The van der Waals surface area contributed by atoms with E-state index in [9.17, 15) is 22.0 Å². The third-order valence-corrected chi connectivity index (χ3v) is 8.71. The van der Waals surface area contributed by atoms with Crippen molar-refractivity contribution in [1.29, 1.82) is 0 Å². The monoisotopic (exact) mass is 623 g/mol. The van der Waals surface area contributed by atoms with Crippen LogP contribution in [0.4, 0.5) is 17.6 Å². The van der Waals surface area contributed by atoms with Crippen LogP contribution in [0.25, 0.3) is 33.5 Å². The Hall–Kier alpha value is -4.71.